The summed E-state index contributed by atoms with van der Waals surface area (Å²) >= 11 is 0. The maximum atomic E-state index is 12.6. The number of rotatable bonds is 4. The van der Waals surface area contributed by atoms with Gasteiger partial charge in [-0.2, -0.15) is 0 Å². The summed E-state index contributed by atoms with van der Waals surface area (Å²) < 4.78 is 0. The zero-order chi connectivity index (χ0) is 22.0. The lowest BCUT2D eigenvalue weighted by molar-refractivity contribution is -0.136. The molecule has 4 nitrogen and oxygen atoms in total. The number of carbonyl (C=O) groups excluding carboxylic acids is 1. The Morgan fingerprint density at radius 3 is 2.35 bits per heavy atom. The van der Waals surface area contributed by atoms with Crippen molar-refractivity contribution in [1.29, 1.82) is 0 Å². The highest BCUT2D eigenvalue weighted by molar-refractivity contribution is 6.29. The Morgan fingerprint density at radius 1 is 0.968 bits per heavy atom. The van der Waals surface area contributed by atoms with E-state index in [0.29, 0.717) is 11.3 Å². The van der Waals surface area contributed by atoms with Crippen LogP contribution in [0.25, 0.3) is 6.08 Å². The van der Waals surface area contributed by atoms with Crippen molar-refractivity contribution in [1.82, 2.24) is 0 Å². The minimum atomic E-state index is -0.370. The summed E-state index contributed by atoms with van der Waals surface area (Å²) in [5, 5.41) is 4.09. The van der Waals surface area contributed by atoms with Gasteiger partial charge in [0.15, 0.2) is 0 Å². The van der Waals surface area contributed by atoms with Crippen LogP contribution in [0.3, 0.4) is 0 Å². The molecule has 0 aromatic heterocycles. The van der Waals surface area contributed by atoms with Crippen LogP contribution in [-0.4, -0.2) is 25.8 Å². The van der Waals surface area contributed by atoms with E-state index < -0.39 is 0 Å². The fourth-order valence-electron chi connectivity index (χ4n) is 4.16. The van der Waals surface area contributed by atoms with Crippen LogP contribution < -0.4 is 4.90 Å². The standard InChI is InChI=1S/C27H28N2O2/c1-27(2)17-20(11-10-19-12-14-23(15-13-19)29(3)4)16-22(18-27)24-25(28-31-26(24)30)21-8-6-5-7-9-21/h5-16H,17-18H2,1-4H3/b11-10+,24-22-. The second-order valence-electron chi connectivity index (χ2n) is 9.14. The molecule has 2 aromatic carbocycles. The SMILES string of the molecule is CN(C)c1ccc(/C=C/C2=CC(=C3/C(=O)ON=C3c3ccccc3)/CC(C)(C)C2)cc1. The molecule has 4 heteroatoms. The van der Waals surface area contributed by atoms with E-state index >= 15 is 0 Å². The number of anilines is 1. The van der Waals surface area contributed by atoms with Gasteiger partial charge in [-0.05, 0) is 47.1 Å². The summed E-state index contributed by atoms with van der Waals surface area (Å²) in [7, 11) is 4.08. The Hall–Kier alpha value is -3.40. The predicted octanol–water partition coefficient (Wildman–Crippen LogP) is 5.77. The van der Waals surface area contributed by atoms with Gasteiger partial charge in [-0.15, -0.1) is 0 Å². The number of nitrogens with zero attached hydrogens (tertiary/aromatic N) is 2. The highest BCUT2D eigenvalue weighted by Crippen LogP contribution is 2.41. The van der Waals surface area contributed by atoms with Gasteiger partial charge in [-0.25, -0.2) is 4.79 Å². The van der Waals surface area contributed by atoms with Gasteiger partial charge in [0.2, 0.25) is 0 Å². The Bertz CT molecular complexity index is 1100. The van der Waals surface area contributed by atoms with Gasteiger partial charge in [-0.3, -0.25) is 0 Å². The van der Waals surface area contributed by atoms with Crippen LogP contribution in [0, 0.1) is 5.41 Å². The maximum Gasteiger partial charge on any atom is 0.368 e. The van der Waals surface area contributed by atoms with Crippen LogP contribution in [0.5, 0.6) is 0 Å². The summed E-state index contributed by atoms with van der Waals surface area (Å²) in [6, 6.07) is 18.2. The molecule has 4 rings (SSSR count). The van der Waals surface area contributed by atoms with Gasteiger partial charge >= 0.3 is 5.97 Å². The molecule has 0 atom stereocenters. The second-order valence-corrected chi connectivity index (χ2v) is 9.14. The topological polar surface area (TPSA) is 41.9 Å². The van der Waals surface area contributed by atoms with Crippen molar-refractivity contribution in [3.8, 4) is 0 Å². The van der Waals surface area contributed by atoms with Crippen LogP contribution in [0.15, 0.2) is 88.6 Å². The summed E-state index contributed by atoms with van der Waals surface area (Å²) in [5.41, 5.74) is 6.65. The van der Waals surface area contributed by atoms with Crippen molar-refractivity contribution in [2.75, 3.05) is 19.0 Å². The first kappa shape index (κ1) is 20.9. The van der Waals surface area contributed by atoms with E-state index in [1.165, 1.54) is 11.3 Å². The third-order valence-electron chi connectivity index (χ3n) is 5.64. The largest absolute Gasteiger partial charge is 0.378 e. The van der Waals surface area contributed by atoms with E-state index in [-0.39, 0.29) is 11.4 Å². The minimum absolute atomic E-state index is 0.0379. The minimum Gasteiger partial charge on any atom is -0.378 e. The predicted molar refractivity (Wildman–Crippen MR) is 127 cm³/mol. The Balaban J connectivity index is 1.68. The molecule has 1 heterocycles. The lowest BCUT2D eigenvalue weighted by Gasteiger charge is -2.31. The molecule has 0 bridgehead atoms. The third-order valence-corrected chi connectivity index (χ3v) is 5.64. The first-order chi connectivity index (χ1) is 14.8. The molecule has 158 valence electrons. The molecule has 2 aromatic rings. The first-order valence-electron chi connectivity index (χ1n) is 10.6. The normalized spacial score (nSPS) is 20.5. The summed E-state index contributed by atoms with van der Waals surface area (Å²) in [4.78, 5) is 19.8. The van der Waals surface area contributed by atoms with Gasteiger partial charge < -0.3 is 9.74 Å². The zero-order valence-electron chi connectivity index (χ0n) is 18.6. The van der Waals surface area contributed by atoms with E-state index in [1.807, 2.05) is 44.4 Å². The highest BCUT2D eigenvalue weighted by atomic mass is 16.7. The second kappa shape index (κ2) is 8.38. The molecule has 2 aliphatic rings. The summed E-state index contributed by atoms with van der Waals surface area (Å²) in [6.07, 6.45) is 8.18. The molecule has 0 N–H and O–H groups in total. The maximum absolute atomic E-state index is 12.6. The van der Waals surface area contributed by atoms with Crippen LogP contribution in [0.1, 0.15) is 37.8 Å². The van der Waals surface area contributed by atoms with E-state index in [4.69, 9.17) is 4.84 Å². The number of hydrogen-bond donors (Lipinski definition) is 0. The average molecular weight is 413 g/mol. The number of allylic oxidation sites excluding steroid dienone is 4. The Kier molecular flexibility index (Phi) is 5.64. The highest BCUT2D eigenvalue weighted by Gasteiger charge is 2.34. The number of hydrogen-bond acceptors (Lipinski definition) is 4. The van der Waals surface area contributed by atoms with Gasteiger partial charge in [0, 0.05) is 25.3 Å². The van der Waals surface area contributed by atoms with E-state index in [9.17, 15) is 4.79 Å². The van der Waals surface area contributed by atoms with Crippen molar-refractivity contribution >= 4 is 23.4 Å². The smallest absolute Gasteiger partial charge is 0.368 e. The monoisotopic (exact) mass is 412 g/mol. The van der Waals surface area contributed by atoms with Gasteiger partial charge in [0.1, 0.15) is 5.71 Å². The van der Waals surface area contributed by atoms with Gasteiger partial charge in [-0.1, -0.05) is 79.7 Å². The zero-order valence-corrected chi connectivity index (χ0v) is 18.6. The molecule has 0 radical (unpaired) electrons. The van der Waals surface area contributed by atoms with Crippen molar-refractivity contribution in [2.45, 2.75) is 26.7 Å². The summed E-state index contributed by atoms with van der Waals surface area (Å²) in [6.45, 7) is 4.47. The van der Waals surface area contributed by atoms with E-state index in [0.717, 1.165) is 29.5 Å². The fourth-order valence-corrected chi connectivity index (χ4v) is 4.16. The average Bonchev–Trinajstić information content (AvgIpc) is 3.13. The van der Waals surface area contributed by atoms with E-state index in [2.05, 4.69) is 66.4 Å². The first-order valence-corrected chi connectivity index (χ1v) is 10.6. The van der Waals surface area contributed by atoms with Gasteiger partial charge in [0.25, 0.3) is 0 Å². The lowest BCUT2D eigenvalue weighted by Crippen LogP contribution is -2.20. The molecule has 0 saturated heterocycles. The van der Waals surface area contributed by atoms with Gasteiger partial charge in [0.05, 0.1) is 5.57 Å². The number of carbonyl (C=O) groups is 1. The van der Waals surface area contributed by atoms with Crippen LogP contribution >= 0.6 is 0 Å². The molecule has 1 aliphatic heterocycles. The lowest BCUT2D eigenvalue weighted by atomic mass is 9.73. The number of benzene rings is 2. The molecule has 0 fully saturated rings. The molecular weight excluding hydrogens is 384 g/mol. The van der Waals surface area contributed by atoms with Crippen molar-refractivity contribution in [3.63, 3.8) is 0 Å². The molecule has 0 saturated carbocycles. The van der Waals surface area contributed by atoms with Crippen molar-refractivity contribution < 1.29 is 9.63 Å². The van der Waals surface area contributed by atoms with Crippen LogP contribution in [0.4, 0.5) is 5.69 Å². The molecule has 0 unspecified atom stereocenters. The molecule has 1 aliphatic carbocycles. The molecular formula is C27H28N2O2. The van der Waals surface area contributed by atoms with Crippen molar-refractivity contribution in [3.05, 3.63) is 94.6 Å². The Morgan fingerprint density at radius 2 is 1.68 bits per heavy atom. The van der Waals surface area contributed by atoms with Crippen molar-refractivity contribution in [2.24, 2.45) is 10.6 Å². The molecule has 31 heavy (non-hydrogen) atoms. The summed E-state index contributed by atoms with van der Waals surface area (Å²) in [5.74, 6) is -0.370. The molecule has 0 spiro atoms. The Labute approximate surface area is 184 Å². The van der Waals surface area contributed by atoms with Crippen LogP contribution in [0.2, 0.25) is 0 Å². The third kappa shape index (κ3) is 4.69. The molecule has 0 amide bonds. The quantitative estimate of drug-likeness (QED) is 0.473. The fraction of sp³-hybridized carbons (Fsp3) is 0.259. The number of oxime groups is 1. The van der Waals surface area contributed by atoms with Crippen LogP contribution in [-0.2, 0) is 9.63 Å². The van der Waals surface area contributed by atoms with E-state index in [1.54, 1.807) is 0 Å².